The maximum atomic E-state index is 11.6. The molecule has 116 valence electrons. The van der Waals surface area contributed by atoms with Gasteiger partial charge in [0.15, 0.2) is 6.61 Å². The van der Waals surface area contributed by atoms with Crippen LogP contribution >= 0.6 is 23.2 Å². The number of nitrogens with zero attached hydrogens (tertiary/aromatic N) is 3. The van der Waals surface area contributed by atoms with Crippen molar-refractivity contribution in [1.82, 2.24) is 15.2 Å². The molecule has 1 aromatic heterocycles. The second-order valence-electron chi connectivity index (χ2n) is 4.29. The summed E-state index contributed by atoms with van der Waals surface area (Å²) >= 11 is 11.7. The Balaban J connectivity index is 1.80. The van der Waals surface area contributed by atoms with Crippen LogP contribution in [0.1, 0.15) is 12.5 Å². The summed E-state index contributed by atoms with van der Waals surface area (Å²) in [4.78, 5) is 11.6. The number of carbonyl (C=O) groups excluding carboxylic acids is 1. The molecule has 22 heavy (non-hydrogen) atoms. The summed E-state index contributed by atoms with van der Waals surface area (Å²) < 4.78 is 7.04. The zero-order valence-electron chi connectivity index (χ0n) is 11.8. The van der Waals surface area contributed by atoms with E-state index >= 15 is 0 Å². The second kappa shape index (κ2) is 7.82. The van der Waals surface area contributed by atoms with Crippen LogP contribution in [0.15, 0.2) is 35.7 Å². The number of hydrazone groups is 1. The van der Waals surface area contributed by atoms with Crippen molar-refractivity contribution in [2.45, 2.75) is 13.5 Å². The molecule has 0 fully saturated rings. The fourth-order valence-corrected chi connectivity index (χ4v) is 2.03. The zero-order valence-corrected chi connectivity index (χ0v) is 13.3. The highest BCUT2D eigenvalue weighted by atomic mass is 35.5. The Bertz CT molecular complexity index is 685. The average molecular weight is 341 g/mol. The molecule has 0 radical (unpaired) electrons. The smallest absolute Gasteiger partial charge is 0.277 e. The van der Waals surface area contributed by atoms with Crippen molar-refractivity contribution in [3.05, 3.63) is 46.2 Å². The number of ether oxygens (including phenoxy) is 1. The summed E-state index contributed by atoms with van der Waals surface area (Å²) in [6, 6.07) is 4.77. The normalized spacial score (nSPS) is 10.9. The molecule has 1 amide bonds. The number of benzene rings is 1. The van der Waals surface area contributed by atoms with E-state index in [1.54, 1.807) is 29.1 Å². The second-order valence-corrected chi connectivity index (χ2v) is 5.13. The third-order valence-electron chi connectivity index (χ3n) is 2.63. The third kappa shape index (κ3) is 4.75. The number of rotatable bonds is 6. The van der Waals surface area contributed by atoms with Gasteiger partial charge < -0.3 is 4.74 Å². The molecule has 0 saturated heterocycles. The molecule has 0 aliphatic carbocycles. The third-order valence-corrected chi connectivity index (χ3v) is 3.16. The summed E-state index contributed by atoms with van der Waals surface area (Å²) in [5.74, 6) is -0.0143. The molecule has 6 nitrogen and oxygen atoms in total. The van der Waals surface area contributed by atoms with Gasteiger partial charge in [-0.15, -0.1) is 0 Å². The van der Waals surface area contributed by atoms with Crippen molar-refractivity contribution >= 4 is 35.3 Å². The number of hydrogen-bond donors (Lipinski definition) is 1. The van der Waals surface area contributed by atoms with E-state index in [-0.39, 0.29) is 6.61 Å². The quantitative estimate of drug-likeness (QED) is 0.649. The zero-order chi connectivity index (χ0) is 15.9. The van der Waals surface area contributed by atoms with Gasteiger partial charge in [0, 0.05) is 23.3 Å². The van der Waals surface area contributed by atoms with E-state index in [1.807, 2.05) is 13.1 Å². The molecular weight excluding hydrogens is 327 g/mol. The van der Waals surface area contributed by atoms with Gasteiger partial charge in [-0.1, -0.05) is 23.2 Å². The predicted molar refractivity (Wildman–Crippen MR) is 85.6 cm³/mol. The first-order valence-electron chi connectivity index (χ1n) is 6.50. The van der Waals surface area contributed by atoms with Gasteiger partial charge >= 0.3 is 0 Å². The molecular formula is C14H14Cl2N4O2. The van der Waals surface area contributed by atoms with Crippen LogP contribution in [0, 0.1) is 0 Å². The lowest BCUT2D eigenvalue weighted by atomic mass is 10.3. The van der Waals surface area contributed by atoms with Crippen LogP contribution in [0.3, 0.4) is 0 Å². The highest BCUT2D eigenvalue weighted by Crippen LogP contribution is 2.27. The predicted octanol–water partition coefficient (Wildman–Crippen LogP) is 2.74. The molecule has 1 heterocycles. The number of hydrogen-bond acceptors (Lipinski definition) is 4. The number of amides is 1. The Hall–Kier alpha value is -2.05. The maximum absolute atomic E-state index is 11.6. The highest BCUT2D eigenvalue weighted by Gasteiger charge is 2.05. The summed E-state index contributed by atoms with van der Waals surface area (Å²) in [5.41, 5.74) is 3.15. The topological polar surface area (TPSA) is 68.5 Å². The van der Waals surface area contributed by atoms with Crippen LogP contribution in [0.25, 0.3) is 0 Å². The maximum Gasteiger partial charge on any atom is 0.277 e. The molecule has 2 aromatic rings. The van der Waals surface area contributed by atoms with Crippen molar-refractivity contribution in [3.63, 3.8) is 0 Å². The van der Waals surface area contributed by atoms with Crippen LogP contribution < -0.4 is 10.2 Å². The average Bonchev–Trinajstić information content (AvgIpc) is 2.94. The lowest BCUT2D eigenvalue weighted by Crippen LogP contribution is -2.24. The lowest BCUT2D eigenvalue weighted by Gasteiger charge is -2.06. The fourth-order valence-electron chi connectivity index (χ4n) is 1.57. The highest BCUT2D eigenvalue weighted by molar-refractivity contribution is 6.35. The Labute approximate surface area is 137 Å². The molecule has 0 bridgehead atoms. The Kier molecular flexibility index (Phi) is 5.80. The molecule has 1 N–H and O–H groups in total. The van der Waals surface area contributed by atoms with E-state index in [1.165, 1.54) is 6.21 Å². The number of nitrogens with one attached hydrogen (secondary N) is 1. The Morgan fingerprint density at radius 1 is 1.50 bits per heavy atom. The minimum Gasteiger partial charge on any atom is -0.482 e. The van der Waals surface area contributed by atoms with Gasteiger partial charge in [-0.25, -0.2) is 5.43 Å². The molecule has 0 aliphatic rings. The standard InChI is InChI=1S/C14H14Cl2N4O2/c1-2-20-8-10(7-18-20)6-17-19-14(21)9-22-13-4-3-11(15)5-12(13)16/h3-8H,2,9H2,1H3,(H,19,21)/b17-6-. The van der Waals surface area contributed by atoms with Crippen LogP contribution in [0.2, 0.25) is 10.0 Å². The SMILES string of the molecule is CCn1cc(/C=N\NC(=O)COc2ccc(Cl)cc2Cl)cn1. The van der Waals surface area contributed by atoms with Gasteiger partial charge in [-0.3, -0.25) is 9.48 Å². The van der Waals surface area contributed by atoms with E-state index in [0.717, 1.165) is 12.1 Å². The summed E-state index contributed by atoms with van der Waals surface area (Å²) in [6.07, 6.45) is 4.98. The van der Waals surface area contributed by atoms with Gasteiger partial charge in [-0.05, 0) is 25.1 Å². The van der Waals surface area contributed by atoms with E-state index in [9.17, 15) is 4.79 Å². The largest absolute Gasteiger partial charge is 0.482 e. The molecule has 0 spiro atoms. The summed E-state index contributed by atoms with van der Waals surface area (Å²) in [6.45, 7) is 2.55. The molecule has 8 heteroatoms. The summed E-state index contributed by atoms with van der Waals surface area (Å²) in [5, 5.41) is 8.76. The van der Waals surface area contributed by atoms with Gasteiger partial charge in [0.05, 0.1) is 17.4 Å². The van der Waals surface area contributed by atoms with Crippen LogP contribution in [-0.4, -0.2) is 28.5 Å². The van der Waals surface area contributed by atoms with Crippen molar-refractivity contribution in [2.24, 2.45) is 5.10 Å². The first-order chi connectivity index (χ1) is 10.6. The van der Waals surface area contributed by atoms with E-state index in [2.05, 4.69) is 15.6 Å². The van der Waals surface area contributed by atoms with Gasteiger partial charge in [-0.2, -0.15) is 10.2 Å². The van der Waals surface area contributed by atoms with E-state index in [0.29, 0.717) is 15.8 Å². The molecule has 1 aromatic carbocycles. The molecule has 0 aliphatic heterocycles. The van der Waals surface area contributed by atoms with Crippen molar-refractivity contribution < 1.29 is 9.53 Å². The van der Waals surface area contributed by atoms with Gasteiger partial charge in [0.1, 0.15) is 5.75 Å². The van der Waals surface area contributed by atoms with E-state index in [4.69, 9.17) is 27.9 Å². The first kappa shape index (κ1) is 16.3. The molecule has 0 atom stereocenters. The summed E-state index contributed by atoms with van der Waals surface area (Å²) in [7, 11) is 0. The lowest BCUT2D eigenvalue weighted by molar-refractivity contribution is -0.123. The van der Waals surface area contributed by atoms with Crippen molar-refractivity contribution in [2.75, 3.05) is 6.61 Å². The van der Waals surface area contributed by atoms with E-state index < -0.39 is 5.91 Å². The van der Waals surface area contributed by atoms with Crippen molar-refractivity contribution in [1.29, 1.82) is 0 Å². The molecule has 2 rings (SSSR count). The molecule has 0 saturated carbocycles. The first-order valence-corrected chi connectivity index (χ1v) is 7.26. The van der Waals surface area contributed by atoms with Gasteiger partial charge in [0.2, 0.25) is 0 Å². The number of aryl methyl sites for hydroxylation is 1. The van der Waals surface area contributed by atoms with Crippen LogP contribution in [-0.2, 0) is 11.3 Å². The van der Waals surface area contributed by atoms with Crippen LogP contribution in [0.5, 0.6) is 5.75 Å². The molecule has 0 unspecified atom stereocenters. The Morgan fingerprint density at radius 2 is 2.32 bits per heavy atom. The fraction of sp³-hybridized carbons (Fsp3) is 0.214. The number of aromatic nitrogens is 2. The van der Waals surface area contributed by atoms with Crippen LogP contribution in [0.4, 0.5) is 0 Å². The minimum atomic E-state index is -0.398. The van der Waals surface area contributed by atoms with Crippen molar-refractivity contribution in [3.8, 4) is 5.75 Å². The number of carbonyl (C=O) groups is 1. The monoisotopic (exact) mass is 340 g/mol. The minimum absolute atomic E-state index is 0.201. The van der Waals surface area contributed by atoms with Gasteiger partial charge in [0.25, 0.3) is 5.91 Å². The number of halogens is 2. The Morgan fingerprint density at radius 3 is 3.00 bits per heavy atom.